The van der Waals surface area contributed by atoms with E-state index in [-0.39, 0.29) is 29.7 Å². The summed E-state index contributed by atoms with van der Waals surface area (Å²) < 4.78 is 22.8. The molecule has 2 rings (SSSR count). The number of hydrogen-bond acceptors (Lipinski definition) is 4. The van der Waals surface area contributed by atoms with E-state index in [2.05, 4.69) is 58.6 Å². The van der Waals surface area contributed by atoms with Crippen LogP contribution in [-0.4, -0.2) is 47.3 Å². The monoisotopic (exact) mass is 544 g/mol. The zero-order valence-corrected chi connectivity index (χ0v) is 21.3. The van der Waals surface area contributed by atoms with Crippen LogP contribution in [0, 0.1) is 6.92 Å². The Labute approximate surface area is 198 Å². The fourth-order valence-corrected chi connectivity index (χ4v) is 3.86. The van der Waals surface area contributed by atoms with Gasteiger partial charge in [0, 0.05) is 45.2 Å². The number of rotatable bonds is 9. The molecule has 0 unspecified atom stereocenters. The number of anilines is 1. The molecule has 0 aliphatic carbocycles. The van der Waals surface area contributed by atoms with Crippen molar-refractivity contribution < 1.29 is 8.42 Å². The molecule has 30 heavy (non-hydrogen) atoms. The number of hydrogen-bond donors (Lipinski definition) is 2. The first-order valence-electron chi connectivity index (χ1n) is 9.82. The summed E-state index contributed by atoms with van der Waals surface area (Å²) in [5, 5.41) is 6.65. The molecule has 0 atom stereocenters. The summed E-state index contributed by atoms with van der Waals surface area (Å²) in [6.07, 6.45) is 1.25. The first-order chi connectivity index (χ1) is 13.8. The topological polar surface area (TPSA) is 73.8 Å². The lowest BCUT2D eigenvalue weighted by molar-refractivity contribution is 0.601. The van der Waals surface area contributed by atoms with Gasteiger partial charge >= 0.3 is 0 Å². The van der Waals surface area contributed by atoms with Gasteiger partial charge in [-0.3, -0.25) is 4.99 Å². The molecule has 0 bridgehead atoms. The van der Waals surface area contributed by atoms with Crippen LogP contribution >= 0.6 is 24.0 Å². The highest BCUT2D eigenvalue weighted by molar-refractivity contribution is 14.0. The Morgan fingerprint density at radius 1 is 1.07 bits per heavy atom. The number of aryl methyl sites for hydroxylation is 1. The van der Waals surface area contributed by atoms with Crippen molar-refractivity contribution in [3.05, 3.63) is 65.2 Å². The third kappa shape index (κ3) is 9.34. The van der Waals surface area contributed by atoms with E-state index in [9.17, 15) is 8.42 Å². The van der Waals surface area contributed by atoms with Crippen molar-refractivity contribution in [2.24, 2.45) is 4.99 Å². The van der Waals surface area contributed by atoms with Crippen LogP contribution in [0.3, 0.4) is 0 Å². The minimum atomic E-state index is -3.01. The Kier molecular flexibility index (Phi) is 11.2. The van der Waals surface area contributed by atoms with Crippen LogP contribution in [0.15, 0.2) is 53.5 Å². The van der Waals surface area contributed by atoms with Gasteiger partial charge in [0.05, 0.1) is 5.75 Å². The van der Waals surface area contributed by atoms with Crippen molar-refractivity contribution in [2.45, 2.75) is 26.1 Å². The van der Waals surface area contributed by atoms with E-state index in [1.807, 2.05) is 24.3 Å². The molecule has 0 saturated heterocycles. The summed E-state index contributed by atoms with van der Waals surface area (Å²) in [6.45, 7) is 7.47. The SMILES string of the molecule is CCN(CCNC(=NC)NCc1ccc(CS(C)(=O)=O)cc1)c1cccc(C)c1.I. The van der Waals surface area contributed by atoms with E-state index in [0.717, 1.165) is 36.7 Å². The van der Waals surface area contributed by atoms with E-state index in [1.54, 1.807) is 7.05 Å². The Balaban J connectivity index is 0.00000450. The smallest absolute Gasteiger partial charge is 0.191 e. The van der Waals surface area contributed by atoms with Gasteiger partial charge in [0.1, 0.15) is 0 Å². The Morgan fingerprint density at radius 2 is 1.73 bits per heavy atom. The second-order valence-corrected chi connectivity index (χ2v) is 9.30. The molecule has 2 aromatic rings. The number of sulfone groups is 1. The quantitative estimate of drug-likeness (QED) is 0.288. The first-order valence-corrected chi connectivity index (χ1v) is 11.9. The minimum Gasteiger partial charge on any atom is -0.370 e. The summed E-state index contributed by atoms with van der Waals surface area (Å²) in [7, 11) is -1.26. The van der Waals surface area contributed by atoms with Crippen LogP contribution in [0.2, 0.25) is 0 Å². The molecular weight excluding hydrogens is 511 g/mol. The van der Waals surface area contributed by atoms with Crippen LogP contribution in [0.1, 0.15) is 23.6 Å². The maximum absolute atomic E-state index is 11.4. The van der Waals surface area contributed by atoms with Crippen LogP contribution in [0.25, 0.3) is 0 Å². The molecule has 0 amide bonds. The second-order valence-electron chi connectivity index (χ2n) is 7.16. The molecule has 0 radical (unpaired) electrons. The highest BCUT2D eigenvalue weighted by atomic mass is 127. The normalized spacial score (nSPS) is 11.5. The van der Waals surface area contributed by atoms with Gasteiger partial charge in [0.15, 0.2) is 15.8 Å². The average molecular weight is 545 g/mol. The van der Waals surface area contributed by atoms with Gasteiger partial charge in [0.2, 0.25) is 0 Å². The Bertz CT molecular complexity index is 915. The standard InChI is InChI=1S/C22H32N4O2S.HI/c1-5-26(21-8-6-7-18(2)15-21)14-13-24-22(23-3)25-16-19-9-11-20(12-10-19)17-29(4,27)28;/h6-12,15H,5,13-14,16-17H2,1-4H3,(H2,23,24,25);1H. The van der Waals surface area contributed by atoms with Crippen molar-refractivity contribution >= 4 is 45.5 Å². The first kappa shape index (κ1) is 26.2. The number of benzene rings is 2. The van der Waals surface area contributed by atoms with E-state index in [1.165, 1.54) is 17.5 Å². The van der Waals surface area contributed by atoms with Crippen LogP contribution in [0.4, 0.5) is 5.69 Å². The lowest BCUT2D eigenvalue weighted by atomic mass is 10.1. The van der Waals surface area contributed by atoms with Gasteiger partial charge < -0.3 is 15.5 Å². The van der Waals surface area contributed by atoms with Gasteiger partial charge in [-0.25, -0.2) is 8.42 Å². The van der Waals surface area contributed by atoms with Gasteiger partial charge in [-0.1, -0.05) is 36.4 Å². The van der Waals surface area contributed by atoms with Gasteiger partial charge in [0.25, 0.3) is 0 Å². The molecule has 166 valence electrons. The van der Waals surface area contributed by atoms with Crippen LogP contribution in [-0.2, 0) is 22.1 Å². The molecule has 0 heterocycles. The number of guanidine groups is 1. The molecule has 0 spiro atoms. The van der Waals surface area contributed by atoms with E-state index >= 15 is 0 Å². The van der Waals surface area contributed by atoms with E-state index in [0.29, 0.717) is 6.54 Å². The highest BCUT2D eigenvalue weighted by Gasteiger charge is 2.06. The zero-order valence-electron chi connectivity index (χ0n) is 18.2. The largest absolute Gasteiger partial charge is 0.370 e. The average Bonchev–Trinajstić information content (AvgIpc) is 2.67. The second kappa shape index (κ2) is 12.8. The zero-order chi connectivity index (χ0) is 21.3. The number of likely N-dealkylation sites (N-methyl/N-ethyl adjacent to an activating group) is 1. The summed E-state index contributed by atoms with van der Waals surface area (Å²) in [5.74, 6) is 0.809. The fraction of sp³-hybridized carbons (Fsp3) is 0.409. The number of halogens is 1. The maximum atomic E-state index is 11.4. The Hall–Kier alpha value is -1.81. The fourth-order valence-electron chi connectivity index (χ4n) is 3.07. The van der Waals surface area contributed by atoms with E-state index < -0.39 is 9.84 Å². The van der Waals surface area contributed by atoms with Gasteiger partial charge in [-0.05, 0) is 42.7 Å². The predicted octanol–water partition coefficient (Wildman–Crippen LogP) is 3.35. The number of aliphatic imine (C=N–C) groups is 1. The molecule has 2 N–H and O–H groups in total. The Morgan fingerprint density at radius 3 is 2.30 bits per heavy atom. The van der Waals surface area contributed by atoms with Crippen molar-refractivity contribution in [3.8, 4) is 0 Å². The summed E-state index contributed by atoms with van der Waals surface area (Å²) >= 11 is 0. The number of nitrogens with one attached hydrogen (secondary N) is 2. The van der Waals surface area contributed by atoms with Gasteiger partial charge in [-0.15, -0.1) is 24.0 Å². The van der Waals surface area contributed by atoms with Gasteiger partial charge in [-0.2, -0.15) is 0 Å². The van der Waals surface area contributed by atoms with Crippen LogP contribution in [0.5, 0.6) is 0 Å². The summed E-state index contributed by atoms with van der Waals surface area (Å²) in [6, 6.07) is 16.1. The highest BCUT2D eigenvalue weighted by Crippen LogP contribution is 2.15. The molecule has 2 aromatic carbocycles. The minimum absolute atomic E-state index is 0. The van der Waals surface area contributed by atoms with Crippen molar-refractivity contribution in [2.75, 3.05) is 37.8 Å². The molecule has 0 aromatic heterocycles. The van der Waals surface area contributed by atoms with Crippen molar-refractivity contribution in [1.82, 2.24) is 10.6 Å². The predicted molar refractivity (Wildman–Crippen MR) is 138 cm³/mol. The molecule has 8 heteroatoms. The molecular formula is C22H33IN4O2S. The molecule has 6 nitrogen and oxygen atoms in total. The summed E-state index contributed by atoms with van der Waals surface area (Å²) in [5.41, 5.74) is 4.36. The lowest BCUT2D eigenvalue weighted by Crippen LogP contribution is -2.41. The maximum Gasteiger partial charge on any atom is 0.191 e. The third-order valence-corrected chi connectivity index (χ3v) is 5.42. The molecule has 0 aliphatic heterocycles. The third-order valence-electron chi connectivity index (χ3n) is 4.56. The summed E-state index contributed by atoms with van der Waals surface area (Å²) in [4.78, 5) is 6.60. The van der Waals surface area contributed by atoms with Crippen molar-refractivity contribution in [1.29, 1.82) is 0 Å². The van der Waals surface area contributed by atoms with E-state index in [4.69, 9.17) is 0 Å². The van der Waals surface area contributed by atoms with Crippen LogP contribution < -0.4 is 15.5 Å². The molecule has 0 fully saturated rings. The molecule has 0 saturated carbocycles. The molecule has 0 aliphatic rings. The lowest BCUT2D eigenvalue weighted by Gasteiger charge is -2.24. The number of nitrogens with zero attached hydrogens (tertiary/aromatic N) is 2. The van der Waals surface area contributed by atoms with Crippen molar-refractivity contribution in [3.63, 3.8) is 0 Å².